The van der Waals surface area contributed by atoms with Crippen molar-refractivity contribution in [1.82, 2.24) is 10.6 Å². The van der Waals surface area contributed by atoms with Crippen LogP contribution in [0.25, 0.3) is 0 Å². The number of hydrogen-bond donors (Lipinski definition) is 4. The van der Waals surface area contributed by atoms with Crippen LogP contribution in [0.2, 0.25) is 0 Å². The first-order chi connectivity index (χ1) is 11.3. The second-order valence-electron chi connectivity index (χ2n) is 6.61. The maximum absolute atomic E-state index is 10.8. The summed E-state index contributed by atoms with van der Waals surface area (Å²) in [5, 5.41) is 4.73. The van der Waals surface area contributed by atoms with E-state index >= 15 is 0 Å². The van der Waals surface area contributed by atoms with Gasteiger partial charge in [-0.1, -0.05) is 13.2 Å². The molecule has 14 heteroatoms. The van der Waals surface area contributed by atoms with Gasteiger partial charge in [0.25, 0.3) is 20.2 Å². The van der Waals surface area contributed by atoms with Gasteiger partial charge in [0.2, 0.25) is 11.8 Å². The molecule has 0 fully saturated rings. The Labute approximate surface area is 231 Å². The molecule has 0 aliphatic heterocycles. The quantitative estimate of drug-likeness (QED) is 0.188. The Bertz CT molecular complexity index is 685. The van der Waals surface area contributed by atoms with Gasteiger partial charge in [-0.15, -0.1) is 0 Å². The zero-order chi connectivity index (χ0) is 21.4. The molecular formula is C14H28KN2NaO8S2. The summed E-state index contributed by atoms with van der Waals surface area (Å²) in [5.41, 5.74) is -2.00. The molecular weight excluding hydrogens is 450 g/mol. The number of nitrogens with one attached hydrogen (secondary N) is 2. The van der Waals surface area contributed by atoms with Gasteiger partial charge in [0.1, 0.15) is 0 Å². The Balaban J connectivity index is -0.000000192. The van der Waals surface area contributed by atoms with Gasteiger partial charge in [0.15, 0.2) is 0 Å². The van der Waals surface area contributed by atoms with Gasteiger partial charge >= 0.3 is 80.9 Å². The summed E-state index contributed by atoms with van der Waals surface area (Å²) in [6, 6.07) is 0. The van der Waals surface area contributed by atoms with E-state index in [-0.39, 0.29) is 80.9 Å². The van der Waals surface area contributed by atoms with Crippen LogP contribution in [0.1, 0.15) is 27.7 Å². The molecule has 0 saturated heterocycles. The summed E-state index contributed by atoms with van der Waals surface area (Å²) in [5.74, 6) is -2.01. The Morgan fingerprint density at radius 1 is 0.821 bits per heavy atom. The second-order valence-corrected chi connectivity index (χ2v) is 9.51. The first kappa shape index (κ1) is 36.3. The van der Waals surface area contributed by atoms with Crippen LogP contribution in [-0.2, 0) is 29.8 Å². The van der Waals surface area contributed by atoms with Gasteiger partial charge in [-0.2, -0.15) is 16.8 Å². The molecule has 156 valence electrons. The first-order valence-corrected chi connectivity index (χ1v) is 10.3. The van der Waals surface area contributed by atoms with Crippen molar-refractivity contribution in [2.24, 2.45) is 0 Å². The molecule has 4 N–H and O–H groups in total. The molecule has 0 atom stereocenters. The van der Waals surface area contributed by atoms with Crippen molar-refractivity contribution < 1.29 is 35.5 Å². The number of amides is 2. The molecule has 0 aliphatic carbocycles. The molecule has 0 aromatic heterocycles. The van der Waals surface area contributed by atoms with Crippen molar-refractivity contribution in [2.75, 3.05) is 11.5 Å². The van der Waals surface area contributed by atoms with Gasteiger partial charge in [-0.25, -0.2) is 0 Å². The standard InChI is InChI=1S/2C7H13NO4S.K.Na.2H/c2*1-4-6(9)8-7(2,3)5-13(10,11)12;;;;/h2*4H,1,5H2,2-3H3,(H,8,9)(H,10,11,12);;;;. The average Bonchev–Trinajstić information content (AvgIpc) is 2.31. The normalized spacial score (nSPS) is 11.4. The average molecular weight is 479 g/mol. The Morgan fingerprint density at radius 3 is 1.18 bits per heavy atom. The van der Waals surface area contributed by atoms with Crippen molar-refractivity contribution in [3.05, 3.63) is 25.3 Å². The molecule has 10 nitrogen and oxygen atoms in total. The topological polar surface area (TPSA) is 167 Å². The van der Waals surface area contributed by atoms with Crippen molar-refractivity contribution in [3.8, 4) is 0 Å². The van der Waals surface area contributed by atoms with Gasteiger partial charge in [-0.3, -0.25) is 18.7 Å². The van der Waals surface area contributed by atoms with Crippen molar-refractivity contribution >= 4 is 113 Å². The van der Waals surface area contributed by atoms with Crippen molar-refractivity contribution in [1.29, 1.82) is 0 Å². The molecule has 0 aromatic carbocycles. The van der Waals surface area contributed by atoms with E-state index in [1.807, 2.05) is 0 Å². The summed E-state index contributed by atoms with van der Waals surface area (Å²) in [4.78, 5) is 21.6. The molecule has 0 rings (SSSR count). The minimum absolute atomic E-state index is 0. The molecule has 28 heavy (non-hydrogen) atoms. The summed E-state index contributed by atoms with van der Waals surface area (Å²) >= 11 is 0. The Morgan fingerprint density at radius 2 is 1.04 bits per heavy atom. The summed E-state index contributed by atoms with van der Waals surface area (Å²) in [6.45, 7) is 12.4. The second kappa shape index (κ2) is 14.8. The summed E-state index contributed by atoms with van der Waals surface area (Å²) < 4.78 is 59.0. The molecule has 0 aromatic rings. The molecule has 0 radical (unpaired) electrons. The van der Waals surface area contributed by atoms with E-state index in [4.69, 9.17) is 9.11 Å². The van der Waals surface area contributed by atoms with Crippen LogP contribution in [0.4, 0.5) is 0 Å². The fraction of sp³-hybridized carbons (Fsp3) is 0.571. The molecule has 0 unspecified atom stereocenters. The van der Waals surface area contributed by atoms with Crippen LogP contribution < -0.4 is 10.6 Å². The fourth-order valence-electron chi connectivity index (χ4n) is 1.75. The number of carbonyl (C=O) groups is 2. The van der Waals surface area contributed by atoms with Gasteiger partial charge in [0.05, 0.1) is 22.6 Å². The Kier molecular flexibility index (Phi) is 19.2. The van der Waals surface area contributed by atoms with E-state index in [9.17, 15) is 26.4 Å². The van der Waals surface area contributed by atoms with Crippen LogP contribution >= 0.6 is 0 Å². The molecule has 0 spiro atoms. The monoisotopic (exact) mass is 478 g/mol. The molecule has 0 heterocycles. The third kappa shape index (κ3) is 24.9. The van der Waals surface area contributed by atoms with E-state index in [0.29, 0.717) is 0 Å². The van der Waals surface area contributed by atoms with E-state index in [1.165, 1.54) is 27.7 Å². The van der Waals surface area contributed by atoms with Crippen molar-refractivity contribution in [3.63, 3.8) is 0 Å². The SMILES string of the molecule is C=CC(=O)NC(C)(C)CS(=O)(=O)O.C=CC(=O)NC(C)(C)CS(=O)(=O)O.[KH].[NaH]. The zero-order valence-corrected chi connectivity index (χ0v) is 16.8. The molecule has 0 saturated carbocycles. The third-order valence-corrected chi connectivity index (χ3v) is 4.55. The summed E-state index contributed by atoms with van der Waals surface area (Å²) in [7, 11) is -8.17. The summed E-state index contributed by atoms with van der Waals surface area (Å²) in [6.07, 6.45) is 2.07. The number of hydrogen-bond acceptors (Lipinski definition) is 6. The minimum atomic E-state index is -4.08. The molecule has 2 amide bonds. The van der Waals surface area contributed by atoms with Crippen LogP contribution in [0.5, 0.6) is 0 Å². The van der Waals surface area contributed by atoms with Gasteiger partial charge in [-0.05, 0) is 39.8 Å². The molecule has 0 aliphatic rings. The van der Waals surface area contributed by atoms with Crippen molar-refractivity contribution in [2.45, 2.75) is 38.8 Å². The fourth-order valence-corrected chi connectivity index (χ4v) is 3.72. The van der Waals surface area contributed by atoms with Crippen LogP contribution in [0, 0.1) is 0 Å². The van der Waals surface area contributed by atoms with E-state index in [1.54, 1.807) is 0 Å². The predicted molar refractivity (Wildman–Crippen MR) is 112 cm³/mol. The van der Waals surface area contributed by atoms with Crippen LogP contribution in [0.15, 0.2) is 25.3 Å². The van der Waals surface area contributed by atoms with Crippen LogP contribution in [-0.4, -0.2) is 141 Å². The molecule has 0 bridgehead atoms. The maximum atomic E-state index is 10.8. The van der Waals surface area contributed by atoms with E-state index < -0.39 is 54.6 Å². The van der Waals surface area contributed by atoms with Gasteiger partial charge in [0, 0.05) is 0 Å². The van der Waals surface area contributed by atoms with E-state index in [2.05, 4.69) is 23.8 Å². The third-order valence-electron chi connectivity index (χ3n) is 2.38. The Hall–Kier alpha value is 0.876. The van der Waals surface area contributed by atoms with Crippen LogP contribution in [0.3, 0.4) is 0 Å². The predicted octanol–water partition coefficient (Wildman–Crippen LogP) is -1.39. The first-order valence-electron chi connectivity index (χ1n) is 7.12. The zero-order valence-electron chi connectivity index (χ0n) is 15.1. The van der Waals surface area contributed by atoms with E-state index in [0.717, 1.165) is 12.2 Å². The number of carbonyl (C=O) groups excluding carboxylic acids is 2. The number of rotatable bonds is 8. The van der Waals surface area contributed by atoms with Gasteiger partial charge < -0.3 is 10.6 Å².